The number of likely N-dealkylation sites (tertiary alicyclic amines) is 1. The molecule has 1 fully saturated rings. The number of nitrogens with one attached hydrogen (secondary N) is 1. The first-order chi connectivity index (χ1) is 13.5. The second kappa shape index (κ2) is 10.7. The Balaban J connectivity index is 1.92. The molecule has 1 aliphatic rings. The van der Waals surface area contributed by atoms with Crippen molar-refractivity contribution in [2.45, 2.75) is 40.0 Å². The lowest BCUT2D eigenvalue weighted by Gasteiger charge is -2.33. The highest BCUT2D eigenvalue weighted by Crippen LogP contribution is 2.21. The number of hydrogen-bond donors (Lipinski definition) is 1. The summed E-state index contributed by atoms with van der Waals surface area (Å²) in [6, 6.07) is 7.57. The number of carbonyl (C=O) groups is 3. The van der Waals surface area contributed by atoms with Crippen LogP contribution in [0.1, 0.15) is 38.7 Å². The van der Waals surface area contributed by atoms with E-state index in [1.165, 1.54) is 0 Å². The van der Waals surface area contributed by atoms with Gasteiger partial charge in [0.2, 0.25) is 11.8 Å². The van der Waals surface area contributed by atoms with Crippen LogP contribution < -0.4 is 5.32 Å². The van der Waals surface area contributed by atoms with Gasteiger partial charge in [0, 0.05) is 31.2 Å². The van der Waals surface area contributed by atoms with E-state index in [1.807, 2.05) is 38.1 Å². The lowest BCUT2D eigenvalue weighted by molar-refractivity contribution is -0.139. The number of aryl methyl sites for hydroxylation is 1. The van der Waals surface area contributed by atoms with Gasteiger partial charge in [-0.2, -0.15) is 0 Å². The average Bonchev–Trinajstić information content (AvgIpc) is 2.69. The Morgan fingerprint density at radius 3 is 2.46 bits per heavy atom. The van der Waals surface area contributed by atoms with Crippen molar-refractivity contribution in [3.8, 4) is 0 Å². The molecule has 0 saturated carbocycles. The van der Waals surface area contributed by atoms with E-state index in [-0.39, 0.29) is 30.4 Å². The molecule has 0 spiro atoms. The quantitative estimate of drug-likeness (QED) is 0.777. The van der Waals surface area contributed by atoms with Gasteiger partial charge in [0.25, 0.3) is 0 Å². The standard InChI is InChI=1S/C21H31N3O4/c1-4-12-24(15-19(25)22-18-9-7-6-8-16(18)3)20(26)17-10-13-23(14-11-17)21(27)28-5-2/h6-9,17H,4-5,10-15H2,1-3H3,(H,22,25). The van der Waals surface area contributed by atoms with Gasteiger partial charge in [-0.1, -0.05) is 25.1 Å². The molecule has 0 bridgehead atoms. The highest BCUT2D eigenvalue weighted by atomic mass is 16.6. The van der Waals surface area contributed by atoms with Crippen molar-refractivity contribution in [3.63, 3.8) is 0 Å². The van der Waals surface area contributed by atoms with Crippen molar-refractivity contribution in [1.82, 2.24) is 9.80 Å². The zero-order valence-electron chi connectivity index (χ0n) is 17.1. The van der Waals surface area contributed by atoms with Crippen LogP contribution in [0.25, 0.3) is 0 Å². The number of nitrogens with zero attached hydrogens (tertiary/aromatic N) is 2. The molecular weight excluding hydrogens is 358 g/mol. The number of piperidine rings is 1. The van der Waals surface area contributed by atoms with Gasteiger partial charge in [-0.3, -0.25) is 9.59 Å². The molecule has 1 N–H and O–H groups in total. The summed E-state index contributed by atoms with van der Waals surface area (Å²) in [6.45, 7) is 7.63. The van der Waals surface area contributed by atoms with E-state index < -0.39 is 0 Å². The first kappa shape index (κ1) is 21.7. The van der Waals surface area contributed by atoms with E-state index in [2.05, 4.69) is 5.32 Å². The number of benzene rings is 1. The van der Waals surface area contributed by atoms with Gasteiger partial charge in [0.15, 0.2) is 0 Å². The molecule has 0 unspecified atom stereocenters. The number of amides is 3. The maximum absolute atomic E-state index is 13.0. The Morgan fingerprint density at radius 1 is 1.18 bits per heavy atom. The third-order valence-corrected chi connectivity index (χ3v) is 4.93. The van der Waals surface area contributed by atoms with Gasteiger partial charge in [-0.15, -0.1) is 0 Å². The number of hydrogen-bond acceptors (Lipinski definition) is 4. The van der Waals surface area contributed by atoms with Crippen LogP contribution in [0, 0.1) is 12.8 Å². The molecule has 0 aromatic heterocycles. The maximum Gasteiger partial charge on any atom is 0.409 e. The molecule has 1 saturated heterocycles. The van der Waals surface area contributed by atoms with Gasteiger partial charge in [-0.25, -0.2) is 4.79 Å². The summed E-state index contributed by atoms with van der Waals surface area (Å²) in [5.74, 6) is -0.367. The van der Waals surface area contributed by atoms with Gasteiger partial charge >= 0.3 is 6.09 Å². The largest absolute Gasteiger partial charge is 0.450 e. The first-order valence-corrected chi connectivity index (χ1v) is 10.0. The summed E-state index contributed by atoms with van der Waals surface area (Å²) >= 11 is 0. The number of carbonyl (C=O) groups excluding carboxylic acids is 3. The molecule has 1 aromatic carbocycles. The molecule has 0 radical (unpaired) electrons. The van der Waals surface area contributed by atoms with Crippen LogP contribution >= 0.6 is 0 Å². The van der Waals surface area contributed by atoms with Gasteiger partial charge < -0.3 is 19.9 Å². The molecule has 2 rings (SSSR count). The summed E-state index contributed by atoms with van der Waals surface area (Å²) in [6.07, 6.45) is 1.65. The molecule has 1 aliphatic heterocycles. The minimum atomic E-state index is -0.323. The predicted octanol–water partition coefficient (Wildman–Crippen LogP) is 3.04. The highest BCUT2D eigenvalue weighted by molar-refractivity contribution is 5.95. The molecule has 154 valence electrons. The average molecular weight is 389 g/mol. The number of rotatable bonds is 7. The molecule has 1 aromatic rings. The highest BCUT2D eigenvalue weighted by Gasteiger charge is 2.31. The van der Waals surface area contributed by atoms with Crippen LogP contribution in [0.2, 0.25) is 0 Å². The lowest BCUT2D eigenvalue weighted by Crippen LogP contribution is -2.46. The fourth-order valence-electron chi connectivity index (χ4n) is 3.40. The maximum atomic E-state index is 13.0. The Bertz CT molecular complexity index is 684. The summed E-state index contributed by atoms with van der Waals surface area (Å²) in [5.41, 5.74) is 1.75. The van der Waals surface area contributed by atoms with Crippen molar-refractivity contribution in [2.24, 2.45) is 5.92 Å². The number of anilines is 1. The molecule has 7 heteroatoms. The molecule has 3 amide bonds. The third-order valence-electron chi connectivity index (χ3n) is 4.93. The van der Waals surface area contributed by atoms with Crippen LogP contribution in [-0.2, 0) is 14.3 Å². The van der Waals surface area contributed by atoms with Crippen molar-refractivity contribution in [3.05, 3.63) is 29.8 Å². The minimum Gasteiger partial charge on any atom is -0.450 e. The fraction of sp³-hybridized carbons (Fsp3) is 0.571. The SMILES string of the molecule is CCCN(CC(=O)Nc1ccccc1C)C(=O)C1CCN(C(=O)OCC)CC1. The van der Waals surface area contributed by atoms with Crippen molar-refractivity contribution in [1.29, 1.82) is 0 Å². The van der Waals surface area contributed by atoms with E-state index in [9.17, 15) is 14.4 Å². The van der Waals surface area contributed by atoms with Crippen LogP contribution in [0.3, 0.4) is 0 Å². The summed E-state index contributed by atoms with van der Waals surface area (Å²) < 4.78 is 5.02. The van der Waals surface area contributed by atoms with Crippen molar-refractivity contribution < 1.29 is 19.1 Å². The van der Waals surface area contributed by atoms with Crippen molar-refractivity contribution >= 4 is 23.6 Å². The minimum absolute atomic E-state index is 0.00899. The first-order valence-electron chi connectivity index (χ1n) is 10.0. The normalized spacial score (nSPS) is 14.5. The third kappa shape index (κ3) is 5.97. The van der Waals surface area contributed by atoms with Crippen LogP contribution in [-0.4, -0.2) is 60.5 Å². The molecule has 0 aliphatic carbocycles. The molecular formula is C21H31N3O4. The molecule has 1 heterocycles. The lowest BCUT2D eigenvalue weighted by atomic mass is 9.95. The van der Waals surface area contributed by atoms with Crippen LogP contribution in [0.5, 0.6) is 0 Å². The van der Waals surface area contributed by atoms with Crippen LogP contribution in [0.4, 0.5) is 10.5 Å². The number of para-hydroxylation sites is 1. The van der Waals surface area contributed by atoms with Gasteiger partial charge in [-0.05, 0) is 44.7 Å². The van der Waals surface area contributed by atoms with E-state index in [4.69, 9.17) is 4.74 Å². The smallest absolute Gasteiger partial charge is 0.409 e. The zero-order chi connectivity index (χ0) is 20.5. The summed E-state index contributed by atoms with van der Waals surface area (Å²) in [4.78, 5) is 40.5. The second-order valence-corrected chi connectivity index (χ2v) is 7.08. The van der Waals surface area contributed by atoms with E-state index in [0.29, 0.717) is 39.1 Å². The number of ether oxygens (including phenoxy) is 1. The predicted molar refractivity (Wildman–Crippen MR) is 108 cm³/mol. The van der Waals surface area contributed by atoms with E-state index in [0.717, 1.165) is 17.7 Å². The Morgan fingerprint density at radius 2 is 1.86 bits per heavy atom. The topological polar surface area (TPSA) is 79.0 Å². The summed E-state index contributed by atoms with van der Waals surface area (Å²) in [7, 11) is 0. The van der Waals surface area contributed by atoms with E-state index in [1.54, 1.807) is 16.7 Å². The van der Waals surface area contributed by atoms with Crippen LogP contribution in [0.15, 0.2) is 24.3 Å². The summed E-state index contributed by atoms with van der Waals surface area (Å²) in [5, 5.41) is 2.89. The Kier molecular flexibility index (Phi) is 8.29. The Hall–Kier alpha value is -2.57. The molecule has 0 atom stereocenters. The zero-order valence-corrected chi connectivity index (χ0v) is 17.1. The molecule has 28 heavy (non-hydrogen) atoms. The Labute approximate surface area is 167 Å². The van der Waals surface area contributed by atoms with Gasteiger partial charge in [0.05, 0.1) is 13.2 Å². The second-order valence-electron chi connectivity index (χ2n) is 7.08. The fourth-order valence-corrected chi connectivity index (χ4v) is 3.40. The van der Waals surface area contributed by atoms with Crippen molar-refractivity contribution in [2.75, 3.05) is 38.1 Å². The van der Waals surface area contributed by atoms with Gasteiger partial charge in [0.1, 0.15) is 0 Å². The monoisotopic (exact) mass is 389 g/mol. The molecule has 7 nitrogen and oxygen atoms in total. The van der Waals surface area contributed by atoms with E-state index >= 15 is 0 Å².